The molecule has 176 valence electrons. The maximum Gasteiger partial charge on any atom is 0.586 e. The lowest BCUT2D eigenvalue weighted by Crippen LogP contribution is -2.26. The highest BCUT2D eigenvalue weighted by Crippen LogP contribution is 2.52. The van der Waals surface area contributed by atoms with Gasteiger partial charge in [-0.15, -0.1) is 8.78 Å². The van der Waals surface area contributed by atoms with Crippen LogP contribution in [0.4, 0.5) is 18.9 Å². The van der Waals surface area contributed by atoms with Crippen LogP contribution in [0.3, 0.4) is 0 Å². The van der Waals surface area contributed by atoms with Crippen LogP contribution < -0.4 is 20.1 Å². The number of alkyl halides is 2. The number of hydrogen-bond acceptors (Lipinski definition) is 6. The Morgan fingerprint density at radius 2 is 1.97 bits per heavy atom. The van der Waals surface area contributed by atoms with E-state index in [2.05, 4.69) is 24.5 Å². The molecular weight excluding hydrogens is 507 g/mol. The second-order valence-electron chi connectivity index (χ2n) is 7.76. The Bertz CT molecular complexity index is 1580. The van der Waals surface area contributed by atoms with Gasteiger partial charge in [0.1, 0.15) is 11.5 Å². The minimum atomic E-state index is -4.02. The molecule has 1 atom stereocenters. The minimum absolute atomic E-state index is 0.0224. The predicted octanol–water partition coefficient (Wildman–Crippen LogP) is 5.50. The van der Waals surface area contributed by atoms with E-state index >= 15 is 0 Å². The molecule has 0 unspecified atom stereocenters. The molecule has 0 fully saturated rings. The molecule has 0 bridgehead atoms. The van der Waals surface area contributed by atoms with Crippen LogP contribution in [-0.2, 0) is 0 Å². The fraction of sp³-hybridized carbons (Fsp3) is 0.0870. The number of amides is 2. The van der Waals surface area contributed by atoms with Crippen molar-refractivity contribution in [2.75, 3.05) is 5.32 Å². The summed E-state index contributed by atoms with van der Waals surface area (Å²) in [6, 6.07) is 10.7. The van der Waals surface area contributed by atoms with Crippen molar-refractivity contribution in [1.29, 1.82) is 0 Å². The zero-order valence-corrected chi connectivity index (χ0v) is 18.8. The minimum Gasteiger partial charge on any atom is -0.395 e. The van der Waals surface area contributed by atoms with Gasteiger partial charge in [0.2, 0.25) is 0 Å². The summed E-state index contributed by atoms with van der Waals surface area (Å²) in [7, 11) is 0. The van der Waals surface area contributed by atoms with E-state index in [0.717, 1.165) is 34.4 Å². The van der Waals surface area contributed by atoms with E-state index in [4.69, 9.17) is 11.6 Å². The van der Waals surface area contributed by atoms with Crippen LogP contribution in [0, 0.1) is 5.82 Å². The summed E-state index contributed by atoms with van der Waals surface area (Å²) in [5.74, 6) is -2.97. The molecule has 12 heteroatoms. The second-order valence-corrected chi connectivity index (χ2v) is 8.97. The first-order valence-electron chi connectivity index (χ1n) is 10.1. The zero-order chi connectivity index (χ0) is 24.5. The van der Waals surface area contributed by atoms with Crippen LogP contribution in [0.5, 0.6) is 11.5 Å². The highest BCUT2D eigenvalue weighted by atomic mass is 35.5. The van der Waals surface area contributed by atoms with E-state index in [1.807, 2.05) is 0 Å². The number of rotatable bonds is 3. The third kappa shape index (κ3) is 3.46. The molecule has 6 rings (SSSR count). The fourth-order valence-corrected chi connectivity index (χ4v) is 5.20. The summed E-state index contributed by atoms with van der Waals surface area (Å²) in [6.45, 7) is 0. The van der Waals surface area contributed by atoms with Gasteiger partial charge in [0, 0.05) is 27.6 Å². The Morgan fingerprint density at radius 3 is 2.80 bits per heavy atom. The van der Waals surface area contributed by atoms with E-state index in [1.54, 1.807) is 24.3 Å². The third-order valence-electron chi connectivity index (χ3n) is 5.64. The molecule has 1 aromatic heterocycles. The lowest BCUT2D eigenvalue weighted by molar-refractivity contribution is -0.286. The van der Waals surface area contributed by atoms with Gasteiger partial charge in [0.15, 0.2) is 11.5 Å². The molecule has 2 aliphatic rings. The predicted molar refractivity (Wildman–Crippen MR) is 121 cm³/mol. The van der Waals surface area contributed by atoms with Gasteiger partial charge in [0.25, 0.3) is 11.8 Å². The van der Waals surface area contributed by atoms with Crippen molar-refractivity contribution >= 4 is 50.7 Å². The summed E-state index contributed by atoms with van der Waals surface area (Å²) in [4.78, 5) is 26.1. The summed E-state index contributed by atoms with van der Waals surface area (Å²) >= 11 is 7.39. The van der Waals surface area contributed by atoms with E-state index in [9.17, 15) is 22.8 Å². The molecule has 2 amide bonds. The molecule has 0 radical (unpaired) electrons. The Morgan fingerprint density at radius 1 is 1.17 bits per heavy atom. The van der Waals surface area contributed by atoms with Crippen molar-refractivity contribution in [2.45, 2.75) is 12.3 Å². The van der Waals surface area contributed by atoms with Crippen LogP contribution in [0.2, 0.25) is 5.02 Å². The van der Waals surface area contributed by atoms with Crippen molar-refractivity contribution in [1.82, 2.24) is 9.69 Å². The van der Waals surface area contributed by atoms with Gasteiger partial charge in [-0.05, 0) is 35.8 Å². The van der Waals surface area contributed by atoms with Crippen LogP contribution in [0.25, 0.3) is 10.1 Å². The van der Waals surface area contributed by atoms with Gasteiger partial charge >= 0.3 is 6.29 Å². The third-order valence-corrected chi connectivity index (χ3v) is 6.81. The number of hydrogen-bond donors (Lipinski definition) is 2. The van der Waals surface area contributed by atoms with Crippen LogP contribution in [-0.4, -0.2) is 22.5 Å². The number of carbonyl (C=O) groups excluding carboxylic acids is 2. The molecule has 0 saturated carbocycles. The highest BCUT2D eigenvalue weighted by molar-refractivity contribution is 7.13. The highest BCUT2D eigenvalue weighted by Gasteiger charge is 2.49. The number of nitrogens with one attached hydrogen (secondary N) is 2. The molecule has 2 N–H and O–H groups in total. The molecule has 0 saturated heterocycles. The number of carbonyl (C=O) groups is 2. The van der Waals surface area contributed by atoms with Crippen molar-refractivity contribution in [3.63, 3.8) is 0 Å². The molecule has 0 spiro atoms. The number of nitrogens with zero attached hydrogens (tertiary/aromatic N) is 1. The number of fused-ring (bicyclic) bond motifs is 4. The second kappa shape index (κ2) is 7.59. The molecule has 7 nitrogen and oxygen atoms in total. The quantitative estimate of drug-likeness (QED) is 0.375. The first-order valence-corrected chi connectivity index (χ1v) is 11.3. The van der Waals surface area contributed by atoms with E-state index in [-0.39, 0.29) is 33.1 Å². The normalized spacial score (nSPS) is 17.4. The molecule has 3 aromatic carbocycles. The van der Waals surface area contributed by atoms with Gasteiger partial charge in [-0.25, -0.2) is 4.39 Å². The Balaban J connectivity index is 1.52. The smallest absolute Gasteiger partial charge is 0.395 e. The van der Waals surface area contributed by atoms with Crippen molar-refractivity contribution in [3.05, 3.63) is 81.8 Å². The van der Waals surface area contributed by atoms with Crippen LogP contribution in [0.1, 0.15) is 38.0 Å². The van der Waals surface area contributed by atoms with Gasteiger partial charge in [-0.3, -0.25) is 9.59 Å². The fourth-order valence-electron chi connectivity index (χ4n) is 4.20. The van der Waals surface area contributed by atoms with Gasteiger partial charge in [0.05, 0.1) is 22.0 Å². The Hall–Kier alpha value is -3.83. The van der Waals surface area contributed by atoms with Crippen molar-refractivity contribution in [2.24, 2.45) is 0 Å². The number of halogens is 4. The van der Waals surface area contributed by atoms with Gasteiger partial charge in [-0.1, -0.05) is 29.8 Å². The van der Waals surface area contributed by atoms with E-state index < -0.39 is 41.5 Å². The molecule has 3 heterocycles. The number of anilines is 1. The average molecular weight is 518 g/mol. The topological polar surface area (TPSA) is 89.6 Å². The molecule has 0 aliphatic carbocycles. The van der Waals surface area contributed by atoms with Crippen LogP contribution in [0.15, 0.2) is 48.5 Å². The van der Waals surface area contributed by atoms with Crippen molar-refractivity contribution in [3.8, 4) is 11.5 Å². The number of ether oxygens (including phenoxy) is 2. The van der Waals surface area contributed by atoms with Crippen LogP contribution >= 0.6 is 23.1 Å². The van der Waals surface area contributed by atoms with E-state index in [1.165, 1.54) is 6.07 Å². The SMILES string of the molecule is O=C1N[C@H](c2cc(F)ccc2Cl)c2c(NC(=O)c3nsc4ccccc34)cc3c(c21)OC(F)(F)O3. The monoisotopic (exact) mass is 517 g/mol. The number of benzene rings is 3. The maximum absolute atomic E-state index is 14.0. The maximum atomic E-state index is 14.0. The first-order chi connectivity index (χ1) is 16.7. The Kier molecular flexibility index (Phi) is 4.70. The molecule has 2 aliphatic heterocycles. The lowest BCUT2D eigenvalue weighted by atomic mass is 9.95. The molecule has 35 heavy (non-hydrogen) atoms. The van der Waals surface area contributed by atoms with Gasteiger partial charge in [-0.2, -0.15) is 4.37 Å². The zero-order valence-electron chi connectivity index (χ0n) is 17.2. The summed E-state index contributed by atoms with van der Waals surface area (Å²) < 4.78 is 56.0. The average Bonchev–Trinajstić information content (AvgIpc) is 3.47. The summed E-state index contributed by atoms with van der Waals surface area (Å²) in [5.41, 5.74) is 0.0589. The van der Waals surface area contributed by atoms with Crippen molar-refractivity contribution < 1.29 is 32.2 Å². The Labute approximate surface area is 203 Å². The largest absolute Gasteiger partial charge is 0.586 e. The number of aromatic nitrogens is 1. The first kappa shape index (κ1) is 21.7. The summed E-state index contributed by atoms with van der Waals surface area (Å²) in [5, 5.41) is 5.96. The molecule has 4 aromatic rings. The van der Waals surface area contributed by atoms with E-state index in [0.29, 0.717) is 5.39 Å². The van der Waals surface area contributed by atoms with Gasteiger partial charge < -0.3 is 20.1 Å². The summed E-state index contributed by atoms with van der Waals surface area (Å²) in [6.07, 6.45) is -4.02. The molecular formula is C23H11ClF3N3O4S. The standard InChI is InChI=1S/C23H11ClF3N3O4S/c24-12-6-5-9(25)7-11(12)18-16-13(28-22(32)19-10-3-1-2-4-15(10)35-30-19)8-14-20(17(16)21(31)29-18)34-23(26,27)33-14/h1-8,18H,(H,28,32)(H,29,31)/t18-/m1/s1. The lowest BCUT2D eigenvalue weighted by Gasteiger charge is -2.18.